The van der Waals surface area contributed by atoms with Crippen molar-refractivity contribution in [2.24, 2.45) is 5.92 Å². The van der Waals surface area contributed by atoms with Crippen LogP contribution >= 0.6 is 0 Å². The molecule has 6 nitrogen and oxygen atoms in total. The smallest absolute Gasteiger partial charge is 0.161 e. The van der Waals surface area contributed by atoms with E-state index in [1.165, 1.54) is 19.3 Å². The molecule has 1 heterocycles. The third-order valence-electron chi connectivity index (χ3n) is 6.40. The van der Waals surface area contributed by atoms with Gasteiger partial charge in [-0.3, -0.25) is 0 Å². The van der Waals surface area contributed by atoms with Crippen LogP contribution < -0.4 is 9.47 Å². The van der Waals surface area contributed by atoms with Crippen LogP contribution in [0.15, 0.2) is 60.8 Å². The summed E-state index contributed by atoms with van der Waals surface area (Å²) in [6.07, 6.45) is 8.33. The van der Waals surface area contributed by atoms with Crippen molar-refractivity contribution in [1.29, 1.82) is 0 Å². The Morgan fingerprint density at radius 1 is 0.912 bits per heavy atom. The second-order valence-corrected chi connectivity index (χ2v) is 8.30. The molecule has 0 saturated heterocycles. The van der Waals surface area contributed by atoms with Crippen molar-refractivity contribution in [3.63, 3.8) is 0 Å². The van der Waals surface area contributed by atoms with E-state index >= 15 is 0 Å². The number of ether oxygens (including phenoxy) is 2. The molecular formula is C28H39N3O3. The van der Waals surface area contributed by atoms with E-state index < -0.39 is 0 Å². The summed E-state index contributed by atoms with van der Waals surface area (Å²) in [4.78, 5) is 0. The number of phenols is 1. The van der Waals surface area contributed by atoms with Crippen molar-refractivity contribution in [3.05, 3.63) is 60.8 Å². The number of nitrogens with zero attached hydrogens (tertiary/aromatic N) is 3. The van der Waals surface area contributed by atoms with E-state index in [2.05, 4.69) is 43.1 Å². The summed E-state index contributed by atoms with van der Waals surface area (Å²) in [5.74, 6) is 2.18. The number of aromatic hydroxyl groups is 1. The third kappa shape index (κ3) is 7.17. The second kappa shape index (κ2) is 14.2. The summed E-state index contributed by atoms with van der Waals surface area (Å²) in [7, 11) is 1.63. The molecule has 0 bridgehead atoms. The molecule has 0 amide bonds. The number of methoxy groups -OCH3 is 1. The number of benzene rings is 2. The molecule has 1 atom stereocenters. The third-order valence-corrected chi connectivity index (χ3v) is 6.40. The topological polar surface area (TPSA) is 77.4 Å². The Kier molecular flexibility index (Phi) is 11.3. The lowest BCUT2D eigenvalue weighted by atomic mass is 9.78. The molecule has 1 unspecified atom stereocenters. The zero-order valence-electron chi connectivity index (χ0n) is 21.2. The summed E-state index contributed by atoms with van der Waals surface area (Å²) in [5.41, 5.74) is 1.52. The number of phenolic OH excluding ortho intramolecular Hbond substituents is 1. The standard InChI is InChI=1S/C18H30O2.C10H9N3O/c1-5-9-12-15(6-2)18(7-3,8-4)20-17-14-11-10-13-16(17)19;1-14-10-5-3-2-4-8(10)9-6-7-11-13-12-9/h10-11,13-15,19H,5-9,12H2,1-4H3;2-7H,1H3. The van der Waals surface area contributed by atoms with Gasteiger partial charge < -0.3 is 14.6 Å². The molecule has 184 valence electrons. The number of aromatic nitrogens is 3. The molecule has 0 radical (unpaired) electrons. The van der Waals surface area contributed by atoms with E-state index in [1.807, 2.05) is 42.5 Å². The normalized spacial score (nSPS) is 11.8. The molecule has 0 spiro atoms. The van der Waals surface area contributed by atoms with Crippen LogP contribution in [0.2, 0.25) is 0 Å². The average Bonchev–Trinajstić information content (AvgIpc) is 2.90. The molecule has 1 aromatic heterocycles. The van der Waals surface area contributed by atoms with Gasteiger partial charge in [0.1, 0.15) is 17.0 Å². The molecule has 0 aliphatic carbocycles. The molecule has 0 aliphatic heterocycles. The Morgan fingerprint density at radius 2 is 1.59 bits per heavy atom. The van der Waals surface area contributed by atoms with E-state index in [0.717, 1.165) is 36.3 Å². The highest BCUT2D eigenvalue weighted by Crippen LogP contribution is 2.39. The van der Waals surface area contributed by atoms with E-state index in [4.69, 9.17) is 9.47 Å². The van der Waals surface area contributed by atoms with Crippen LogP contribution in [-0.2, 0) is 0 Å². The van der Waals surface area contributed by atoms with E-state index in [0.29, 0.717) is 11.7 Å². The molecular weight excluding hydrogens is 426 g/mol. The van der Waals surface area contributed by atoms with Gasteiger partial charge in [-0.05, 0) is 67.1 Å². The Balaban J connectivity index is 0.000000254. The zero-order chi connectivity index (χ0) is 24.8. The minimum atomic E-state index is -0.164. The van der Waals surface area contributed by atoms with Gasteiger partial charge in [-0.15, -0.1) is 10.2 Å². The first kappa shape index (κ1) is 27.1. The number of rotatable bonds is 11. The molecule has 0 saturated carbocycles. The average molecular weight is 466 g/mol. The minimum Gasteiger partial charge on any atom is -0.504 e. The molecule has 0 aliphatic rings. The SMILES string of the molecule is CCCCC(CC)C(CC)(CC)Oc1ccccc1O.COc1ccccc1-c1ccnnn1. The van der Waals surface area contributed by atoms with E-state index in [1.54, 1.807) is 25.4 Å². The lowest BCUT2D eigenvalue weighted by Crippen LogP contribution is -2.42. The molecule has 6 heteroatoms. The van der Waals surface area contributed by atoms with Crippen molar-refractivity contribution >= 4 is 0 Å². The van der Waals surface area contributed by atoms with E-state index in [9.17, 15) is 5.11 Å². The maximum absolute atomic E-state index is 9.97. The first-order chi connectivity index (χ1) is 16.5. The summed E-state index contributed by atoms with van der Waals surface area (Å²) < 4.78 is 11.5. The molecule has 0 fully saturated rings. The quantitative estimate of drug-likeness (QED) is 0.326. The summed E-state index contributed by atoms with van der Waals surface area (Å²) in [6.45, 7) is 8.86. The second-order valence-electron chi connectivity index (χ2n) is 8.30. The predicted molar refractivity (Wildman–Crippen MR) is 137 cm³/mol. The van der Waals surface area contributed by atoms with Crippen LogP contribution in [0.3, 0.4) is 0 Å². The van der Waals surface area contributed by atoms with Crippen LogP contribution in [0.4, 0.5) is 0 Å². The highest BCUT2D eigenvalue weighted by molar-refractivity contribution is 5.66. The van der Waals surface area contributed by atoms with Crippen molar-refractivity contribution in [2.75, 3.05) is 7.11 Å². The van der Waals surface area contributed by atoms with Gasteiger partial charge in [-0.2, -0.15) is 0 Å². The van der Waals surface area contributed by atoms with Crippen molar-refractivity contribution in [1.82, 2.24) is 15.4 Å². The lowest BCUT2D eigenvalue weighted by Gasteiger charge is -2.40. The van der Waals surface area contributed by atoms with Gasteiger partial charge in [0.2, 0.25) is 0 Å². The summed E-state index contributed by atoms with van der Waals surface area (Å²) >= 11 is 0. The molecule has 1 N–H and O–H groups in total. The van der Waals surface area contributed by atoms with Crippen LogP contribution in [-0.4, -0.2) is 33.2 Å². The van der Waals surface area contributed by atoms with Gasteiger partial charge in [-0.1, -0.05) is 64.8 Å². The van der Waals surface area contributed by atoms with Crippen LogP contribution in [0.5, 0.6) is 17.2 Å². The lowest BCUT2D eigenvalue weighted by molar-refractivity contribution is -0.00828. The van der Waals surface area contributed by atoms with Gasteiger partial charge in [0, 0.05) is 5.56 Å². The zero-order valence-corrected chi connectivity index (χ0v) is 21.2. The highest BCUT2D eigenvalue weighted by atomic mass is 16.5. The monoisotopic (exact) mass is 465 g/mol. The number of para-hydroxylation sites is 3. The fourth-order valence-corrected chi connectivity index (χ4v) is 4.35. The minimum absolute atomic E-state index is 0.164. The van der Waals surface area contributed by atoms with Gasteiger partial charge in [0.15, 0.2) is 11.5 Å². The maximum atomic E-state index is 9.97. The Morgan fingerprint density at radius 3 is 2.15 bits per heavy atom. The van der Waals surface area contributed by atoms with Crippen LogP contribution in [0.25, 0.3) is 11.3 Å². The van der Waals surface area contributed by atoms with Crippen LogP contribution in [0.1, 0.15) is 66.2 Å². The van der Waals surface area contributed by atoms with Gasteiger partial charge in [-0.25, -0.2) is 0 Å². The first-order valence-electron chi connectivity index (χ1n) is 12.3. The first-order valence-corrected chi connectivity index (χ1v) is 12.3. The van der Waals surface area contributed by atoms with E-state index in [-0.39, 0.29) is 11.4 Å². The maximum Gasteiger partial charge on any atom is 0.161 e. The molecule has 3 aromatic rings. The largest absolute Gasteiger partial charge is 0.504 e. The molecule has 34 heavy (non-hydrogen) atoms. The van der Waals surface area contributed by atoms with Gasteiger partial charge >= 0.3 is 0 Å². The predicted octanol–water partition coefficient (Wildman–Crippen LogP) is 7.09. The Labute approximate surface area is 204 Å². The molecule has 3 rings (SSSR count). The van der Waals surface area contributed by atoms with Crippen LogP contribution in [0, 0.1) is 5.92 Å². The van der Waals surface area contributed by atoms with Crippen molar-refractivity contribution < 1.29 is 14.6 Å². The summed E-state index contributed by atoms with van der Waals surface area (Å²) in [6, 6.07) is 16.8. The van der Waals surface area contributed by atoms with Crippen molar-refractivity contribution in [3.8, 4) is 28.5 Å². The number of unbranched alkanes of at least 4 members (excludes halogenated alkanes) is 1. The fraction of sp³-hybridized carbons (Fsp3) is 0.464. The molecule has 2 aromatic carbocycles. The van der Waals surface area contributed by atoms with Crippen molar-refractivity contribution in [2.45, 2.75) is 71.8 Å². The Hall–Kier alpha value is -3.15. The van der Waals surface area contributed by atoms with Gasteiger partial charge in [0.25, 0.3) is 0 Å². The number of hydrogen-bond acceptors (Lipinski definition) is 6. The Bertz CT molecular complexity index is 962. The summed E-state index contributed by atoms with van der Waals surface area (Å²) in [5, 5.41) is 21.1. The number of hydrogen-bond donors (Lipinski definition) is 1. The van der Waals surface area contributed by atoms with Gasteiger partial charge in [0.05, 0.1) is 13.3 Å². The fourth-order valence-electron chi connectivity index (χ4n) is 4.35. The highest BCUT2D eigenvalue weighted by Gasteiger charge is 2.37.